The first kappa shape index (κ1) is 21.1. The lowest BCUT2D eigenvalue weighted by molar-refractivity contribution is 0.107. The smallest absolute Gasteiger partial charge is 0.191 e. The van der Waals surface area contributed by atoms with Gasteiger partial charge in [-0.3, -0.25) is 14.8 Å². The van der Waals surface area contributed by atoms with Gasteiger partial charge in [0.1, 0.15) is 5.76 Å². The predicted molar refractivity (Wildman–Crippen MR) is 115 cm³/mol. The molecule has 28 heavy (non-hydrogen) atoms. The highest BCUT2D eigenvalue weighted by molar-refractivity contribution is 5.79. The van der Waals surface area contributed by atoms with Crippen LogP contribution in [-0.4, -0.2) is 92.7 Å². The third kappa shape index (κ3) is 5.72. The van der Waals surface area contributed by atoms with Crippen molar-refractivity contribution in [1.29, 1.82) is 0 Å². The summed E-state index contributed by atoms with van der Waals surface area (Å²) in [5.74, 6) is 1.90. The van der Waals surface area contributed by atoms with Gasteiger partial charge in [-0.2, -0.15) is 0 Å². The Bertz CT molecular complexity index is 576. The zero-order valence-electron chi connectivity index (χ0n) is 17.9. The van der Waals surface area contributed by atoms with Crippen LogP contribution in [0.5, 0.6) is 0 Å². The molecule has 2 unspecified atom stereocenters. The highest BCUT2D eigenvalue weighted by Gasteiger charge is 2.26. The van der Waals surface area contributed by atoms with Gasteiger partial charge >= 0.3 is 0 Å². The van der Waals surface area contributed by atoms with E-state index in [4.69, 9.17) is 4.42 Å². The highest BCUT2D eigenvalue weighted by Crippen LogP contribution is 2.24. The Hall–Kier alpha value is -1.57. The molecule has 1 aromatic rings. The molecule has 0 bridgehead atoms. The van der Waals surface area contributed by atoms with Crippen LogP contribution in [0.3, 0.4) is 0 Å². The Balaban J connectivity index is 1.46. The van der Waals surface area contributed by atoms with Crippen LogP contribution in [-0.2, 0) is 0 Å². The Morgan fingerprint density at radius 2 is 1.79 bits per heavy atom. The summed E-state index contributed by atoms with van der Waals surface area (Å²) in [6.07, 6.45) is 4.31. The average Bonchev–Trinajstić information content (AvgIpc) is 3.45. The van der Waals surface area contributed by atoms with Crippen molar-refractivity contribution in [1.82, 2.24) is 25.3 Å². The zero-order valence-corrected chi connectivity index (χ0v) is 17.9. The minimum Gasteiger partial charge on any atom is -0.468 e. The third-order valence-corrected chi connectivity index (χ3v) is 6.18. The Morgan fingerprint density at radius 3 is 2.39 bits per heavy atom. The van der Waals surface area contributed by atoms with Gasteiger partial charge in [-0.15, -0.1) is 0 Å². The fourth-order valence-electron chi connectivity index (χ4n) is 4.25. The van der Waals surface area contributed by atoms with E-state index in [0.29, 0.717) is 6.04 Å². The molecule has 1 aromatic heterocycles. The average molecular weight is 391 g/mol. The molecule has 0 amide bonds. The van der Waals surface area contributed by atoms with Crippen molar-refractivity contribution < 1.29 is 4.42 Å². The van der Waals surface area contributed by atoms with E-state index in [1.807, 2.05) is 13.1 Å². The van der Waals surface area contributed by atoms with E-state index in [9.17, 15) is 0 Å². The summed E-state index contributed by atoms with van der Waals surface area (Å²) < 4.78 is 5.72. The molecule has 158 valence electrons. The third-order valence-electron chi connectivity index (χ3n) is 6.18. The minimum absolute atomic E-state index is 0.260. The molecule has 0 saturated carbocycles. The fourth-order valence-corrected chi connectivity index (χ4v) is 4.25. The molecule has 3 rings (SSSR count). The first-order chi connectivity index (χ1) is 13.7. The van der Waals surface area contributed by atoms with Crippen molar-refractivity contribution >= 4 is 5.96 Å². The number of hydrogen-bond donors (Lipinski definition) is 2. The van der Waals surface area contributed by atoms with Gasteiger partial charge in [0.15, 0.2) is 5.96 Å². The maximum absolute atomic E-state index is 5.72. The summed E-state index contributed by atoms with van der Waals surface area (Å²) in [5.41, 5.74) is 0. The van der Waals surface area contributed by atoms with E-state index in [1.54, 1.807) is 6.26 Å². The van der Waals surface area contributed by atoms with Crippen molar-refractivity contribution in [3.63, 3.8) is 0 Å². The number of likely N-dealkylation sites (tertiary alicyclic amines) is 1. The number of nitrogens with zero attached hydrogens (tertiary/aromatic N) is 4. The molecule has 2 saturated heterocycles. The molecule has 2 atom stereocenters. The molecule has 0 spiro atoms. The van der Waals surface area contributed by atoms with Crippen molar-refractivity contribution in [2.24, 2.45) is 4.99 Å². The van der Waals surface area contributed by atoms with Crippen molar-refractivity contribution in [2.45, 2.75) is 38.8 Å². The lowest BCUT2D eigenvalue weighted by atomic mass is 10.2. The molecule has 7 heteroatoms. The van der Waals surface area contributed by atoms with Gasteiger partial charge in [0.05, 0.1) is 12.3 Å². The van der Waals surface area contributed by atoms with E-state index in [0.717, 1.165) is 57.5 Å². The maximum atomic E-state index is 5.72. The summed E-state index contributed by atoms with van der Waals surface area (Å²) in [4.78, 5) is 12.0. The van der Waals surface area contributed by atoms with Crippen LogP contribution in [0.2, 0.25) is 0 Å². The molecule has 2 N–H and O–H groups in total. The molecular formula is C21H38N6O. The normalized spacial score (nSPS) is 22.3. The van der Waals surface area contributed by atoms with Gasteiger partial charge in [0, 0.05) is 52.4 Å². The summed E-state index contributed by atoms with van der Waals surface area (Å²) in [5, 5.41) is 7.04. The number of hydrogen-bond acceptors (Lipinski definition) is 5. The van der Waals surface area contributed by atoms with Gasteiger partial charge in [-0.1, -0.05) is 6.92 Å². The lowest BCUT2D eigenvalue weighted by Crippen LogP contribution is -2.53. The highest BCUT2D eigenvalue weighted by atomic mass is 16.3. The number of piperazine rings is 1. The van der Waals surface area contributed by atoms with E-state index >= 15 is 0 Å². The number of guanidine groups is 1. The van der Waals surface area contributed by atoms with E-state index in [1.165, 1.54) is 25.9 Å². The van der Waals surface area contributed by atoms with Crippen LogP contribution in [0.15, 0.2) is 27.8 Å². The molecule has 3 heterocycles. The first-order valence-corrected chi connectivity index (χ1v) is 10.9. The Labute approximate surface area is 170 Å². The van der Waals surface area contributed by atoms with Crippen molar-refractivity contribution in [3.05, 3.63) is 24.2 Å². The summed E-state index contributed by atoms with van der Waals surface area (Å²) >= 11 is 0. The Kier molecular flexibility index (Phi) is 8.18. The molecule has 0 aliphatic carbocycles. The van der Waals surface area contributed by atoms with Crippen LogP contribution in [0.4, 0.5) is 0 Å². The molecule has 2 aliphatic heterocycles. The zero-order chi connectivity index (χ0) is 19.8. The molecule has 2 fully saturated rings. The second kappa shape index (κ2) is 10.8. The van der Waals surface area contributed by atoms with Crippen molar-refractivity contribution in [3.8, 4) is 0 Å². The topological polar surface area (TPSA) is 59.3 Å². The molecule has 0 aromatic carbocycles. The summed E-state index contributed by atoms with van der Waals surface area (Å²) in [7, 11) is 1.85. The maximum Gasteiger partial charge on any atom is 0.191 e. The molecule has 0 radical (unpaired) electrons. The predicted octanol–water partition coefficient (Wildman–Crippen LogP) is 1.61. The van der Waals surface area contributed by atoms with Gasteiger partial charge in [0.25, 0.3) is 0 Å². The lowest BCUT2D eigenvalue weighted by Gasteiger charge is -2.37. The largest absolute Gasteiger partial charge is 0.468 e. The number of furan rings is 1. The van der Waals surface area contributed by atoms with Crippen LogP contribution in [0.25, 0.3) is 0 Å². The van der Waals surface area contributed by atoms with Crippen molar-refractivity contribution in [2.75, 3.05) is 66.0 Å². The van der Waals surface area contributed by atoms with Gasteiger partial charge in [-0.05, 0) is 51.5 Å². The summed E-state index contributed by atoms with van der Waals surface area (Å²) in [6.45, 7) is 14.3. The quantitative estimate of drug-likeness (QED) is 0.520. The minimum atomic E-state index is 0.260. The second-order valence-corrected chi connectivity index (χ2v) is 7.93. The molecule has 7 nitrogen and oxygen atoms in total. The van der Waals surface area contributed by atoms with Crippen LogP contribution in [0.1, 0.15) is 38.5 Å². The van der Waals surface area contributed by atoms with Gasteiger partial charge in [0.2, 0.25) is 0 Å². The van der Waals surface area contributed by atoms with Gasteiger partial charge in [-0.25, -0.2) is 0 Å². The fraction of sp³-hybridized carbons (Fsp3) is 0.762. The number of aliphatic imine (C=N–C) groups is 1. The number of likely N-dealkylation sites (N-methyl/N-ethyl adjacent to an activating group) is 1. The van der Waals surface area contributed by atoms with Crippen LogP contribution < -0.4 is 10.6 Å². The van der Waals surface area contributed by atoms with E-state index < -0.39 is 0 Å². The van der Waals surface area contributed by atoms with Gasteiger partial charge < -0.3 is 20.0 Å². The number of nitrogens with one attached hydrogen (secondary N) is 2. The molecule has 2 aliphatic rings. The standard InChI is InChI=1S/C21H38N6O/c1-4-25-11-13-26(14-12-25)18(2)16-23-21(22-3)24-17-19(20-8-7-15-28-20)27-9-5-6-10-27/h7-8,15,18-19H,4-6,9-14,16-17H2,1-3H3,(H2,22,23,24). The van der Waals surface area contributed by atoms with E-state index in [-0.39, 0.29) is 6.04 Å². The molecular weight excluding hydrogens is 352 g/mol. The van der Waals surface area contributed by atoms with E-state index in [2.05, 4.69) is 50.2 Å². The first-order valence-electron chi connectivity index (χ1n) is 10.9. The summed E-state index contributed by atoms with van der Waals surface area (Å²) in [6, 6.07) is 4.82. The van der Waals surface area contributed by atoms with Crippen LogP contribution >= 0.6 is 0 Å². The SMILES string of the molecule is CCN1CCN(C(C)CNC(=NC)NCC(c2ccco2)N2CCCC2)CC1. The monoisotopic (exact) mass is 390 g/mol. The van der Waals surface area contributed by atoms with Crippen LogP contribution in [0, 0.1) is 0 Å². The Morgan fingerprint density at radius 1 is 1.07 bits per heavy atom. The number of rotatable bonds is 8. The second-order valence-electron chi connectivity index (χ2n) is 7.93.